The molecule has 9 atom stereocenters. The molecule has 4 aliphatic rings. The van der Waals surface area contributed by atoms with Crippen LogP contribution in [0.4, 0.5) is 0 Å². The van der Waals surface area contributed by atoms with Crippen LogP contribution in [-0.2, 0) is 9.53 Å². The summed E-state index contributed by atoms with van der Waals surface area (Å²) < 4.78 is 6.24. The first-order chi connectivity index (χ1) is 17.4. The maximum atomic E-state index is 12.5. The average molecular weight is 520 g/mol. The monoisotopic (exact) mass is 520 g/mol. The lowest BCUT2D eigenvalue weighted by molar-refractivity contribution is -0.186. The van der Waals surface area contributed by atoms with Crippen LogP contribution in [0.2, 0.25) is 0 Å². The number of carbonyl (C=O) groups excluding carboxylic acids is 1. The number of rotatable bonds is 6. The van der Waals surface area contributed by atoms with Crippen LogP contribution in [0.25, 0.3) is 0 Å². The van der Waals surface area contributed by atoms with Crippen molar-refractivity contribution >= 4 is 5.91 Å². The molecule has 3 nitrogen and oxygen atoms in total. The van der Waals surface area contributed by atoms with Gasteiger partial charge in [0.15, 0.2) is 0 Å². The molecule has 0 aromatic rings. The number of ether oxygens (including phenoxy) is 1. The van der Waals surface area contributed by atoms with Crippen LogP contribution in [0, 0.1) is 52.3 Å². The van der Waals surface area contributed by atoms with Gasteiger partial charge in [0.1, 0.15) is 0 Å². The summed E-state index contributed by atoms with van der Waals surface area (Å²) >= 11 is 0. The molecule has 0 radical (unpaired) electrons. The van der Waals surface area contributed by atoms with E-state index in [0.717, 1.165) is 48.9 Å². The molecule has 1 amide bonds. The van der Waals surface area contributed by atoms with Gasteiger partial charge in [-0.2, -0.15) is 0 Å². The molecule has 3 heteroatoms. The number of fused-ring (bicyclic) bond motifs is 5. The number of methoxy groups -OCH3 is 1. The van der Waals surface area contributed by atoms with Gasteiger partial charge in [-0.3, -0.25) is 4.79 Å². The highest BCUT2D eigenvalue weighted by molar-refractivity contribution is 5.77. The van der Waals surface area contributed by atoms with Gasteiger partial charge in [-0.25, -0.2) is 0 Å². The van der Waals surface area contributed by atoms with Crippen molar-refractivity contribution in [1.82, 2.24) is 4.90 Å². The minimum absolute atomic E-state index is 0.269. The van der Waals surface area contributed by atoms with Crippen LogP contribution in [0.15, 0.2) is 0 Å². The second-order valence-electron chi connectivity index (χ2n) is 14.6. The van der Waals surface area contributed by atoms with E-state index < -0.39 is 0 Å². The average Bonchev–Trinajstić information content (AvgIpc) is 3.19. The van der Waals surface area contributed by atoms with Crippen LogP contribution in [0.5, 0.6) is 0 Å². The Labute approximate surface area is 232 Å². The molecular weight excluding hydrogens is 454 g/mol. The second kappa shape index (κ2) is 13.7. The van der Waals surface area contributed by atoms with Gasteiger partial charge in [-0.05, 0) is 90.8 Å². The molecule has 37 heavy (non-hydrogen) atoms. The Bertz CT molecular complexity index is 701. The number of carbonyl (C=O) groups is 1. The van der Waals surface area contributed by atoms with Crippen molar-refractivity contribution in [3.63, 3.8) is 0 Å². The molecule has 4 rings (SSSR count). The summed E-state index contributed by atoms with van der Waals surface area (Å²) in [4.78, 5) is 14.6. The number of nitrogens with zero attached hydrogens (tertiary/aromatic N) is 1. The molecule has 3 aliphatic carbocycles. The Morgan fingerprint density at radius 3 is 2.08 bits per heavy atom. The predicted molar refractivity (Wildman–Crippen MR) is 160 cm³/mol. The zero-order valence-corrected chi connectivity index (χ0v) is 27.0. The maximum absolute atomic E-state index is 12.5. The maximum Gasteiger partial charge on any atom is 0.222 e. The Morgan fingerprint density at radius 2 is 1.51 bits per heavy atom. The summed E-state index contributed by atoms with van der Waals surface area (Å²) in [7, 11) is 3.98. The molecule has 218 valence electrons. The second-order valence-corrected chi connectivity index (χ2v) is 14.6. The van der Waals surface area contributed by atoms with Crippen LogP contribution >= 0.6 is 0 Å². The van der Waals surface area contributed by atoms with Crippen LogP contribution in [0.1, 0.15) is 133 Å². The molecule has 0 bridgehead atoms. The van der Waals surface area contributed by atoms with E-state index in [2.05, 4.69) is 67.3 Å². The molecule has 0 aromatic carbocycles. The fraction of sp³-hybridized carbons (Fsp3) is 0.971. The van der Waals surface area contributed by atoms with Gasteiger partial charge >= 0.3 is 0 Å². The zero-order chi connectivity index (χ0) is 28.1. The van der Waals surface area contributed by atoms with E-state index in [-0.39, 0.29) is 5.41 Å². The fourth-order valence-corrected chi connectivity index (χ4v) is 9.33. The molecule has 0 N–H and O–H groups in total. The van der Waals surface area contributed by atoms with E-state index in [1.165, 1.54) is 44.9 Å². The van der Waals surface area contributed by atoms with Crippen molar-refractivity contribution in [3.8, 4) is 0 Å². The molecule has 3 saturated carbocycles. The van der Waals surface area contributed by atoms with Crippen molar-refractivity contribution in [2.45, 2.75) is 146 Å². The van der Waals surface area contributed by atoms with E-state index in [1.807, 2.05) is 21.0 Å². The number of hydrogen-bond acceptors (Lipinski definition) is 2. The number of amides is 1. The molecule has 1 aliphatic heterocycles. The van der Waals surface area contributed by atoms with Crippen molar-refractivity contribution in [1.29, 1.82) is 0 Å². The van der Waals surface area contributed by atoms with E-state index >= 15 is 0 Å². The lowest BCUT2D eigenvalue weighted by Crippen LogP contribution is -2.65. The Morgan fingerprint density at radius 1 is 0.919 bits per heavy atom. The standard InChI is InChI=1S/C28H49NO2.C4H10.C2H6/c1-18(2)9-8-10-19(3)20-11-12-21-26-22(13-15-27(20,21)4)28(5)16-14-25(30)29(6)24(28)17-23(26)31-7;1-4(2)3;1-2/h18-24,26H,8-17H2,1-7H3;4H,1-3H3;1-2H3/t19?,20?,21?,22?,23?,24?,26?,27-,28-;;/m1../s1. The van der Waals surface area contributed by atoms with Gasteiger partial charge < -0.3 is 9.64 Å². The van der Waals surface area contributed by atoms with Gasteiger partial charge in [-0.15, -0.1) is 0 Å². The summed E-state index contributed by atoms with van der Waals surface area (Å²) in [6.07, 6.45) is 12.9. The largest absolute Gasteiger partial charge is 0.381 e. The van der Waals surface area contributed by atoms with Crippen molar-refractivity contribution in [2.24, 2.45) is 52.3 Å². The van der Waals surface area contributed by atoms with Crippen LogP contribution < -0.4 is 0 Å². The fourth-order valence-electron chi connectivity index (χ4n) is 9.33. The van der Waals surface area contributed by atoms with E-state index in [9.17, 15) is 4.79 Å². The molecule has 4 fully saturated rings. The zero-order valence-electron chi connectivity index (χ0n) is 27.0. The van der Waals surface area contributed by atoms with Gasteiger partial charge in [0.2, 0.25) is 5.91 Å². The third-order valence-electron chi connectivity index (χ3n) is 11.1. The van der Waals surface area contributed by atoms with Crippen LogP contribution in [0.3, 0.4) is 0 Å². The summed E-state index contributed by atoms with van der Waals surface area (Å²) in [6.45, 7) is 22.9. The minimum atomic E-state index is 0.269. The first kappa shape index (κ1) is 32.6. The molecule has 1 saturated heterocycles. The van der Waals surface area contributed by atoms with E-state index in [0.29, 0.717) is 35.3 Å². The first-order valence-electron chi connectivity index (χ1n) is 16.1. The van der Waals surface area contributed by atoms with Crippen molar-refractivity contribution in [2.75, 3.05) is 14.2 Å². The van der Waals surface area contributed by atoms with Crippen LogP contribution in [-0.4, -0.2) is 37.1 Å². The summed E-state index contributed by atoms with van der Waals surface area (Å²) in [5.41, 5.74) is 0.749. The Kier molecular flexibility index (Phi) is 12.1. The summed E-state index contributed by atoms with van der Waals surface area (Å²) in [6, 6.07) is 0.358. The number of hydrogen-bond donors (Lipinski definition) is 0. The summed E-state index contributed by atoms with van der Waals surface area (Å²) in [5, 5.41) is 0. The topological polar surface area (TPSA) is 29.5 Å². The van der Waals surface area contributed by atoms with Gasteiger partial charge in [-0.1, -0.05) is 88.5 Å². The third kappa shape index (κ3) is 6.78. The molecule has 0 aromatic heterocycles. The lowest BCUT2D eigenvalue weighted by atomic mass is 9.45. The van der Waals surface area contributed by atoms with Crippen molar-refractivity contribution in [3.05, 3.63) is 0 Å². The van der Waals surface area contributed by atoms with Gasteiger partial charge in [0.05, 0.1) is 6.10 Å². The highest BCUT2D eigenvalue weighted by atomic mass is 16.5. The molecule has 7 unspecified atom stereocenters. The lowest BCUT2D eigenvalue weighted by Gasteiger charge is -2.63. The normalized spacial score (nSPS) is 39.6. The van der Waals surface area contributed by atoms with E-state index in [4.69, 9.17) is 4.74 Å². The van der Waals surface area contributed by atoms with Gasteiger partial charge in [0.25, 0.3) is 0 Å². The Balaban J connectivity index is 0.000000733. The highest BCUT2D eigenvalue weighted by Gasteiger charge is 2.64. The third-order valence-corrected chi connectivity index (χ3v) is 11.1. The SMILES string of the molecule is CC.CC(C)C.COC1CC2N(C)C(=O)CC[C@]2(C)C2CC[C@]3(C)C(C(C)CCCC(C)C)CCC3C12. The minimum Gasteiger partial charge on any atom is -0.381 e. The predicted octanol–water partition coefficient (Wildman–Crippen LogP) is 9.24. The molecule has 0 spiro atoms. The highest BCUT2D eigenvalue weighted by Crippen LogP contribution is 2.67. The van der Waals surface area contributed by atoms with E-state index in [1.54, 1.807) is 0 Å². The summed E-state index contributed by atoms with van der Waals surface area (Å²) in [5.74, 6) is 5.91. The number of piperidine rings is 1. The smallest absolute Gasteiger partial charge is 0.222 e. The first-order valence-corrected chi connectivity index (χ1v) is 16.1. The Hall–Kier alpha value is -0.570. The quantitative estimate of drug-likeness (QED) is 0.350. The molecule has 1 heterocycles. The van der Waals surface area contributed by atoms with Crippen molar-refractivity contribution < 1.29 is 9.53 Å². The number of likely N-dealkylation sites (tertiary alicyclic amines) is 1. The molecular formula is C34H65NO2. The van der Waals surface area contributed by atoms with Gasteiger partial charge in [0, 0.05) is 26.6 Å².